The normalized spacial score (nSPS) is 14.0. The number of hydrogen-bond acceptors (Lipinski definition) is 6. The molecule has 2 aromatic heterocycles. The molecule has 168 valence electrons. The van der Waals surface area contributed by atoms with Crippen molar-refractivity contribution >= 4 is 39.1 Å². The number of Topliss-reactive ketones (excluding diaryl/α,β-unsaturated/α-hetero) is 1. The monoisotopic (exact) mass is 475 g/mol. The Morgan fingerprint density at radius 1 is 1.09 bits per heavy atom. The van der Waals surface area contributed by atoms with Crippen molar-refractivity contribution in [1.29, 1.82) is 0 Å². The van der Waals surface area contributed by atoms with E-state index in [2.05, 4.69) is 18.7 Å². The molecule has 0 spiro atoms. The van der Waals surface area contributed by atoms with Crippen molar-refractivity contribution in [3.8, 4) is 5.69 Å². The zero-order valence-electron chi connectivity index (χ0n) is 18.7. The summed E-state index contributed by atoms with van der Waals surface area (Å²) >= 11 is 2.94. The Balaban J connectivity index is 1.59. The van der Waals surface area contributed by atoms with E-state index in [1.54, 1.807) is 15.9 Å². The third-order valence-electron chi connectivity index (χ3n) is 6.05. The minimum atomic E-state index is -0.0450. The van der Waals surface area contributed by atoms with Crippen molar-refractivity contribution in [3.63, 3.8) is 0 Å². The number of thiophene rings is 1. The summed E-state index contributed by atoms with van der Waals surface area (Å²) in [5.74, 6) is 0.244. The van der Waals surface area contributed by atoms with Crippen LogP contribution in [0.2, 0.25) is 0 Å². The number of benzene rings is 2. The Hall–Kier alpha value is -2.74. The van der Waals surface area contributed by atoms with E-state index in [4.69, 9.17) is 4.98 Å². The second kappa shape index (κ2) is 9.25. The maximum atomic E-state index is 13.8. The van der Waals surface area contributed by atoms with Gasteiger partial charge in [-0.1, -0.05) is 60.3 Å². The fraction of sp³-hybridized carbons (Fsp3) is 0.269. The topological polar surface area (TPSA) is 55.2 Å². The molecule has 5 nitrogen and oxygen atoms in total. The number of nitrogens with zero attached hydrogens (tertiary/aromatic N) is 3. The molecule has 1 aliphatic heterocycles. The number of para-hydroxylation sites is 1. The van der Waals surface area contributed by atoms with Crippen LogP contribution in [0.1, 0.15) is 34.6 Å². The second-order valence-corrected chi connectivity index (χ2v) is 10.5. The van der Waals surface area contributed by atoms with Gasteiger partial charge < -0.3 is 0 Å². The van der Waals surface area contributed by atoms with Gasteiger partial charge in [0.25, 0.3) is 5.56 Å². The van der Waals surface area contributed by atoms with Crippen LogP contribution < -0.4 is 5.56 Å². The quantitative estimate of drug-likeness (QED) is 0.218. The highest BCUT2D eigenvalue weighted by atomic mass is 32.2. The number of hydrogen-bond donors (Lipinski definition) is 0. The molecule has 0 aliphatic carbocycles. The fourth-order valence-electron chi connectivity index (χ4n) is 4.22. The van der Waals surface area contributed by atoms with Gasteiger partial charge in [-0.05, 0) is 38.0 Å². The number of rotatable bonds is 6. The molecule has 5 rings (SSSR count). The predicted octanol–water partition coefficient (Wildman–Crippen LogP) is 5.19. The first-order chi connectivity index (χ1) is 16.0. The summed E-state index contributed by atoms with van der Waals surface area (Å²) in [7, 11) is 0. The number of aromatic nitrogens is 2. The van der Waals surface area contributed by atoms with Gasteiger partial charge in [-0.2, -0.15) is 0 Å². The van der Waals surface area contributed by atoms with E-state index in [9.17, 15) is 9.59 Å². The van der Waals surface area contributed by atoms with E-state index in [0.29, 0.717) is 16.8 Å². The molecule has 0 N–H and O–H groups in total. The molecule has 7 heteroatoms. The third-order valence-corrected chi connectivity index (χ3v) is 8.10. The van der Waals surface area contributed by atoms with Crippen molar-refractivity contribution in [1.82, 2.24) is 14.5 Å². The van der Waals surface area contributed by atoms with Gasteiger partial charge in [0, 0.05) is 29.6 Å². The van der Waals surface area contributed by atoms with Gasteiger partial charge in [0.15, 0.2) is 10.9 Å². The van der Waals surface area contributed by atoms with Gasteiger partial charge in [0.1, 0.15) is 4.83 Å². The van der Waals surface area contributed by atoms with Crippen molar-refractivity contribution < 1.29 is 4.79 Å². The van der Waals surface area contributed by atoms with Crippen molar-refractivity contribution in [2.24, 2.45) is 0 Å². The fourth-order valence-corrected chi connectivity index (χ4v) is 6.42. The van der Waals surface area contributed by atoms with Crippen LogP contribution in [0.5, 0.6) is 0 Å². The molecule has 4 aromatic rings. The smallest absolute Gasteiger partial charge is 0.267 e. The SMILES string of the molecule is CC(C)N1CCc2c(sc3nc(SCC(=O)c4ccccc4)n(-c4ccccc4)c(=O)c23)C1. The molecule has 0 unspecified atom stereocenters. The lowest BCUT2D eigenvalue weighted by Crippen LogP contribution is -2.35. The first-order valence-corrected chi connectivity index (χ1v) is 12.9. The van der Waals surface area contributed by atoms with Crippen LogP contribution in [-0.2, 0) is 13.0 Å². The zero-order chi connectivity index (χ0) is 22.9. The van der Waals surface area contributed by atoms with Gasteiger partial charge in [-0.25, -0.2) is 4.98 Å². The molecule has 0 saturated carbocycles. The van der Waals surface area contributed by atoms with Gasteiger partial charge >= 0.3 is 0 Å². The molecule has 0 fully saturated rings. The maximum absolute atomic E-state index is 13.8. The minimum absolute atomic E-state index is 0.0209. The van der Waals surface area contributed by atoms with Crippen LogP contribution in [0.25, 0.3) is 15.9 Å². The number of thioether (sulfide) groups is 1. The van der Waals surface area contributed by atoms with Crippen LogP contribution in [0, 0.1) is 0 Å². The van der Waals surface area contributed by atoms with Gasteiger partial charge in [0.2, 0.25) is 0 Å². The summed E-state index contributed by atoms with van der Waals surface area (Å²) in [5.41, 5.74) is 2.54. The summed E-state index contributed by atoms with van der Waals surface area (Å²) in [4.78, 5) is 35.9. The Bertz CT molecular complexity index is 1360. The highest BCUT2D eigenvalue weighted by Gasteiger charge is 2.26. The van der Waals surface area contributed by atoms with Gasteiger partial charge in [-0.15, -0.1) is 11.3 Å². The van der Waals surface area contributed by atoms with Crippen LogP contribution in [0.4, 0.5) is 0 Å². The molecular weight excluding hydrogens is 450 g/mol. The maximum Gasteiger partial charge on any atom is 0.267 e. The minimum Gasteiger partial charge on any atom is -0.296 e. The Kier molecular flexibility index (Phi) is 6.19. The molecule has 2 aromatic carbocycles. The van der Waals surface area contributed by atoms with Crippen LogP contribution in [0.3, 0.4) is 0 Å². The van der Waals surface area contributed by atoms with Crippen molar-refractivity contribution in [2.45, 2.75) is 38.0 Å². The average Bonchev–Trinajstić information content (AvgIpc) is 3.21. The van der Waals surface area contributed by atoms with E-state index >= 15 is 0 Å². The second-order valence-electron chi connectivity index (χ2n) is 8.45. The summed E-state index contributed by atoms with van der Waals surface area (Å²) in [6.07, 6.45) is 0.859. The molecule has 1 aliphatic rings. The lowest BCUT2D eigenvalue weighted by atomic mass is 10.0. The van der Waals surface area contributed by atoms with Gasteiger partial charge in [-0.3, -0.25) is 19.1 Å². The highest BCUT2D eigenvalue weighted by Crippen LogP contribution is 2.34. The van der Waals surface area contributed by atoms with Crippen LogP contribution in [0.15, 0.2) is 70.6 Å². The first kappa shape index (κ1) is 22.1. The molecular formula is C26H25N3O2S2. The summed E-state index contributed by atoms with van der Waals surface area (Å²) in [5, 5.41) is 1.29. The van der Waals surface area contributed by atoms with E-state index < -0.39 is 0 Å². The van der Waals surface area contributed by atoms with Crippen LogP contribution >= 0.6 is 23.1 Å². The third kappa shape index (κ3) is 4.28. The molecule has 0 amide bonds. The number of fused-ring (bicyclic) bond motifs is 3. The lowest BCUT2D eigenvalue weighted by Gasteiger charge is -2.30. The largest absolute Gasteiger partial charge is 0.296 e. The molecule has 3 heterocycles. The summed E-state index contributed by atoms with van der Waals surface area (Å²) in [6.45, 7) is 6.21. The number of carbonyl (C=O) groups excluding carboxylic acids is 1. The first-order valence-electron chi connectivity index (χ1n) is 11.1. The number of carbonyl (C=O) groups is 1. The van der Waals surface area contributed by atoms with E-state index in [0.717, 1.165) is 41.0 Å². The molecule has 33 heavy (non-hydrogen) atoms. The number of ketones is 1. The Morgan fingerprint density at radius 2 is 1.79 bits per heavy atom. The molecule has 0 bridgehead atoms. The Morgan fingerprint density at radius 3 is 2.48 bits per heavy atom. The molecule has 0 atom stereocenters. The summed E-state index contributed by atoms with van der Waals surface area (Å²) < 4.78 is 1.67. The van der Waals surface area contributed by atoms with E-state index in [1.807, 2.05) is 60.7 Å². The van der Waals surface area contributed by atoms with E-state index in [-0.39, 0.29) is 17.1 Å². The van der Waals surface area contributed by atoms with E-state index in [1.165, 1.54) is 16.6 Å². The molecule has 0 radical (unpaired) electrons. The predicted molar refractivity (Wildman–Crippen MR) is 136 cm³/mol. The van der Waals surface area contributed by atoms with Crippen LogP contribution in [-0.4, -0.2) is 38.6 Å². The average molecular weight is 476 g/mol. The Labute approximate surface area is 201 Å². The van der Waals surface area contributed by atoms with Crippen molar-refractivity contribution in [3.05, 3.63) is 87.0 Å². The molecule has 0 saturated heterocycles. The van der Waals surface area contributed by atoms with Crippen molar-refractivity contribution in [2.75, 3.05) is 12.3 Å². The standard InChI is InChI=1S/C26H25N3O2S2/c1-17(2)28-14-13-20-22(15-28)33-24-23(20)25(31)29(19-11-7-4-8-12-19)26(27-24)32-16-21(30)18-9-5-3-6-10-18/h3-12,17H,13-16H2,1-2H3. The lowest BCUT2D eigenvalue weighted by molar-refractivity contribution is 0.102. The highest BCUT2D eigenvalue weighted by molar-refractivity contribution is 7.99. The zero-order valence-corrected chi connectivity index (χ0v) is 20.3. The van der Waals surface area contributed by atoms with Gasteiger partial charge in [0.05, 0.1) is 16.8 Å². The summed E-state index contributed by atoms with van der Waals surface area (Å²) in [6, 6.07) is 19.3.